The lowest BCUT2D eigenvalue weighted by atomic mass is 9.85. The molecule has 3 aromatic rings. The first kappa shape index (κ1) is 25.7. The minimum absolute atomic E-state index is 0.240. The Hall–Kier alpha value is -2.95. The number of alkyl halides is 1. The van der Waals surface area contributed by atoms with Gasteiger partial charge in [0.1, 0.15) is 0 Å². The number of nitrogens with zero attached hydrogens (tertiary/aromatic N) is 1. The summed E-state index contributed by atoms with van der Waals surface area (Å²) >= 11 is 6.54. The number of allylic oxidation sites excluding steroid dienone is 1. The highest BCUT2D eigenvalue weighted by molar-refractivity contribution is 6.31. The van der Waals surface area contributed by atoms with Crippen LogP contribution in [0.1, 0.15) is 63.0 Å². The lowest BCUT2D eigenvalue weighted by Crippen LogP contribution is -2.47. The molecule has 0 unspecified atom stereocenters. The third-order valence-corrected chi connectivity index (χ3v) is 8.21. The van der Waals surface area contributed by atoms with Crippen LogP contribution in [0.15, 0.2) is 60.7 Å². The summed E-state index contributed by atoms with van der Waals surface area (Å²) in [5, 5.41) is 10.3. The highest BCUT2D eigenvalue weighted by atomic mass is 35.5. The van der Waals surface area contributed by atoms with Gasteiger partial charge in [-0.25, -0.2) is 4.79 Å². The number of halogens is 2. The van der Waals surface area contributed by atoms with E-state index in [2.05, 4.69) is 42.2 Å². The van der Waals surface area contributed by atoms with Crippen molar-refractivity contribution in [2.45, 2.75) is 39.0 Å². The number of aryl methyl sites for hydroxylation is 1. The Morgan fingerprint density at radius 3 is 2.57 bits per heavy atom. The van der Waals surface area contributed by atoms with E-state index in [0.717, 1.165) is 78.2 Å². The van der Waals surface area contributed by atoms with Gasteiger partial charge in [0.15, 0.2) is 0 Å². The predicted molar refractivity (Wildman–Crippen MR) is 149 cm³/mol. The summed E-state index contributed by atoms with van der Waals surface area (Å²) in [5.41, 5.74) is 9.63. The van der Waals surface area contributed by atoms with E-state index in [-0.39, 0.29) is 6.67 Å². The zero-order chi connectivity index (χ0) is 25.9. The fourth-order valence-electron chi connectivity index (χ4n) is 5.87. The summed E-state index contributed by atoms with van der Waals surface area (Å²) < 4.78 is 12.4. The lowest BCUT2D eigenvalue weighted by molar-refractivity contribution is 0.0696. The monoisotopic (exact) mass is 517 g/mol. The zero-order valence-corrected chi connectivity index (χ0v) is 22.0. The molecule has 3 nitrogen and oxygen atoms in total. The Balaban J connectivity index is 1.51. The molecule has 1 saturated heterocycles. The van der Waals surface area contributed by atoms with Crippen molar-refractivity contribution in [3.8, 4) is 0 Å². The fraction of sp³-hybridized carbons (Fsp3) is 0.344. The van der Waals surface area contributed by atoms with Gasteiger partial charge in [-0.1, -0.05) is 54.1 Å². The number of hydrogen-bond acceptors (Lipinski definition) is 2. The van der Waals surface area contributed by atoms with Crippen LogP contribution in [0.2, 0.25) is 5.02 Å². The van der Waals surface area contributed by atoms with E-state index in [1.807, 2.05) is 24.3 Å². The second-order valence-corrected chi connectivity index (χ2v) is 10.8. The summed E-state index contributed by atoms with van der Waals surface area (Å²) in [4.78, 5) is 14.0. The second-order valence-electron chi connectivity index (χ2n) is 10.4. The van der Waals surface area contributed by atoms with Crippen molar-refractivity contribution in [3.63, 3.8) is 0 Å². The Bertz CT molecular complexity index is 1330. The Kier molecular flexibility index (Phi) is 7.78. The second kappa shape index (κ2) is 11.2. The van der Waals surface area contributed by atoms with Gasteiger partial charge in [0, 0.05) is 24.7 Å². The van der Waals surface area contributed by atoms with E-state index in [0.29, 0.717) is 17.9 Å². The number of rotatable bonds is 8. The average molecular weight is 518 g/mol. The number of carbonyl (C=O) groups is 1. The number of carboxylic acid groups (broad SMARTS) is 1. The summed E-state index contributed by atoms with van der Waals surface area (Å²) in [6, 6.07) is 20.5. The van der Waals surface area contributed by atoms with E-state index in [4.69, 9.17) is 11.6 Å². The van der Waals surface area contributed by atoms with E-state index in [1.165, 1.54) is 16.7 Å². The van der Waals surface area contributed by atoms with E-state index < -0.39 is 5.97 Å². The molecule has 3 aromatic carbocycles. The van der Waals surface area contributed by atoms with Crippen LogP contribution in [0.5, 0.6) is 0 Å². The van der Waals surface area contributed by atoms with Crippen LogP contribution in [0.3, 0.4) is 0 Å². The molecule has 0 amide bonds. The highest BCUT2D eigenvalue weighted by Crippen LogP contribution is 2.42. The van der Waals surface area contributed by atoms with E-state index in [1.54, 1.807) is 6.07 Å². The molecule has 0 atom stereocenters. The van der Waals surface area contributed by atoms with Gasteiger partial charge in [-0.15, -0.1) is 0 Å². The third kappa shape index (κ3) is 5.51. The van der Waals surface area contributed by atoms with Crippen LogP contribution in [0, 0.1) is 12.8 Å². The summed E-state index contributed by atoms with van der Waals surface area (Å²) in [6.45, 7) is 4.78. The molecule has 192 valence electrons. The minimum atomic E-state index is -0.896. The number of fused-ring (bicyclic) bond motifs is 1. The van der Waals surface area contributed by atoms with Gasteiger partial charge in [0.25, 0.3) is 0 Å². The minimum Gasteiger partial charge on any atom is -0.478 e. The third-order valence-electron chi connectivity index (χ3n) is 7.80. The molecule has 5 heteroatoms. The normalized spacial score (nSPS) is 16.3. The van der Waals surface area contributed by atoms with E-state index >= 15 is 0 Å². The van der Waals surface area contributed by atoms with Gasteiger partial charge in [-0.3, -0.25) is 4.39 Å². The van der Waals surface area contributed by atoms with E-state index in [9.17, 15) is 14.3 Å². The average Bonchev–Trinajstić information content (AvgIpc) is 3.06. The molecule has 0 spiro atoms. The topological polar surface area (TPSA) is 40.5 Å². The number of aromatic carboxylic acids is 1. The van der Waals surface area contributed by atoms with Gasteiger partial charge in [0.2, 0.25) is 0 Å². The molecule has 0 bridgehead atoms. The van der Waals surface area contributed by atoms with Gasteiger partial charge in [-0.2, -0.15) is 0 Å². The molecule has 5 rings (SSSR count). The molecule has 37 heavy (non-hydrogen) atoms. The maximum absolute atomic E-state index is 12.4. The van der Waals surface area contributed by atoms with Crippen LogP contribution in [-0.2, 0) is 12.8 Å². The quantitative estimate of drug-likeness (QED) is 0.337. The standard InChI is InChI=1S/C32H33ClFNO2/c1-21-27(6-3-8-30(21)33)29-7-2-5-25-18-26(32(36)37)13-14-28(25)31(29)24-11-9-22(10-12-24)17-23-19-35(20-23)16-4-15-34/h3,6,8-14,18,23H,2,4-5,7,15-17,19-20H2,1H3,(H,36,37). The van der Waals surface area contributed by atoms with Crippen LogP contribution < -0.4 is 0 Å². The molecule has 2 aliphatic rings. The van der Waals surface area contributed by atoms with Crippen molar-refractivity contribution in [1.82, 2.24) is 4.90 Å². The Morgan fingerprint density at radius 1 is 1.05 bits per heavy atom. The van der Waals surface area contributed by atoms with Gasteiger partial charge in [0.05, 0.1) is 12.2 Å². The van der Waals surface area contributed by atoms with Crippen LogP contribution in [0.4, 0.5) is 4.39 Å². The summed E-state index contributed by atoms with van der Waals surface area (Å²) in [7, 11) is 0. The van der Waals surface area contributed by atoms with Crippen molar-refractivity contribution in [1.29, 1.82) is 0 Å². The molecule has 1 aliphatic heterocycles. The first-order chi connectivity index (χ1) is 17.9. The first-order valence-corrected chi connectivity index (χ1v) is 13.5. The summed E-state index contributed by atoms with van der Waals surface area (Å²) in [6.07, 6.45) is 4.33. The number of likely N-dealkylation sites (tertiary alicyclic amines) is 1. The number of benzene rings is 3. The highest BCUT2D eigenvalue weighted by Gasteiger charge is 2.26. The van der Waals surface area contributed by atoms with Crippen LogP contribution in [-0.4, -0.2) is 42.3 Å². The fourth-order valence-corrected chi connectivity index (χ4v) is 6.04. The largest absolute Gasteiger partial charge is 0.478 e. The predicted octanol–water partition coefficient (Wildman–Crippen LogP) is 7.48. The van der Waals surface area contributed by atoms with Crippen molar-refractivity contribution in [2.24, 2.45) is 5.92 Å². The molecular formula is C32H33ClFNO2. The molecule has 0 saturated carbocycles. The smallest absolute Gasteiger partial charge is 0.335 e. The molecule has 0 radical (unpaired) electrons. The molecule has 1 heterocycles. The van der Waals surface area contributed by atoms with Crippen molar-refractivity contribution < 1.29 is 14.3 Å². The molecular weight excluding hydrogens is 485 g/mol. The summed E-state index contributed by atoms with van der Waals surface area (Å²) in [5.74, 6) is -0.269. The van der Waals surface area contributed by atoms with Crippen LogP contribution in [0.25, 0.3) is 11.1 Å². The molecule has 1 aliphatic carbocycles. The number of hydrogen-bond donors (Lipinski definition) is 1. The maximum atomic E-state index is 12.4. The molecule has 1 N–H and O–H groups in total. The zero-order valence-electron chi connectivity index (χ0n) is 21.3. The van der Waals surface area contributed by atoms with Crippen LogP contribution >= 0.6 is 11.6 Å². The number of carboxylic acids is 1. The Morgan fingerprint density at radius 2 is 1.84 bits per heavy atom. The first-order valence-electron chi connectivity index (χ1n) is 13.2. The molecule has 0 aromatic heterocycles. The van der Waals surface area contributed by atoms with Gasteiger partial charge >= 0.3 is 5.97 Å². The maximum Gasteiger partial charge on any atom is 0.335 e. The molecule has 1 fully saturated rings. The lowest BCUT2D eigenvalue weighted by Gasteiger charge is -2.39. The van der Waals surface area contributed by atoms with Crippen molar-refractivity contribution in [2.75, 3.05) is 26.3 Å². The van der Waals surface area contributed by atoms with Gasteiger partial charge in [-0.05, 0) is 108 Å². The van der Waals surface area contributed by atoms with Crippen molar-refractivity contribution >= 4 is 28.7 Å². The Labute approximate surface area is 223 Å². The van der Waals surface area contributed by atoms with Crippen molar-refractivity contribution in [3.05, 3.63) is 105 Å². The van der Waals surface area contributed by atoms with Gasteiger partial charge < -0.3 is 10.0 Å². The SMILES string of the molecule is Cc1c(Cl)cccc1C1=C(c2ccc(CC3CN(CCCF)C3)cc2)c2ccc(C(=O)O)cc2CCC1.